The fourth-order valence-corrected chi connectivity index (χ4v) is 2.10. The molecule has 0 radical (unpaired) electrons. The third-order valence-electron chi connectivity index (χ3n) is 3.22. The van der Waals surface area contributed by atoms with Gasteiger partial charge < -0.3 is 14.2 Å². The van der Waals surface area contributed by atoms with Gasteiger partial charge in [-0.2, -0.15) is 0 Å². The van der Waals surface area contributed by atoms with E-state index in [9.17, 15) is 4.79 Å². The molecule has 4 heteroatoms. The van der Waals surface area contributed by atoms with Crippen molar-refractivity contribution in [3.63, 3.8) is 0 Å². The summed E-state index contributed by atoms with van der Waals surface area (Å²) in [5, 5.41) is 0. The van der Waals surface area contributed by atoms with Crippen molar-refractivity contribution in [1.82, 2.24) is 0 Å². The van der Waals surface area contributed by atoms with Gasteiger partial charge in [0.1, 0.15) is 12.4 Å². The average Bonchev–Trinajstić information content (AvgIpc) is 2.54. The summed E-state index contributed by atoms with van der Waals surface area (Å²) in [6.07, 6.45) is 0. The first-order valence-electron chi connectivity index (χ1n) is 7.18. The van der Waals surface area contributed by atoms with Gasteiger partial charge >= 0.3 is 0 Å². The molecule has 4 nitrogen and oxygen atoms in total. The summed E-state index contributed by atoms with van der Waals surface area (Å²) in [5.74, 6) is 2.06. The number of carbonyl (C=O) groups is 1. The standard InChI is InChI=1S/C18H20O4/c1-4-21-16-10-9-14(13(2)19)11-15(16)12-22-18-8-6-5-7-17(18)20-3/h5-11H,4,12H2,1-3H3. The molecular weight excluding hydrogens is 280 g/mol. The minimum atomic E-state index is 0.0154. The molecule has 0 spiro atoms. The average molecular weight is 300 g/mol. The van der Waals surface area contributed by atoms with E-state index in [1.807, 2.05) is 37.3 Å². The van der Waals surface area contributed by atoms with Crippen LogP contribution in [0.15, 0.2) is 42.5 Å². The van der Waals surface area contributed by atoms with Crippen LogP contribution in [0.4, 0.5) is 0 Å². The Bertz CT molecular complexity index is 649. The molecule has 0 aliphatic heterocycles. The molecule has 2 aromatic rings. The van der Waals surface area contributed by atoms with Gasteiger partial charge in [-0.05, 0) is 44.2 Å². The SMILES string of the molecule is CCOc1ccc(C(C)=O)cc1COc1ccccc1OC. The molecule has 0 amide bonds. The van der Waals surface area contributed by atoms with E-state index >= 15 is 0 Å². The van der Waals surface area contributed by atoms with Gasteiger partial charge in [0.15, 0.2) is 17.3 Å². The molecule has 0 heterocycles. The van der Waals surface area contributed by atoms with Crippen LogP contribution in [-0.4, -0.2) is 19.5 Å². The van der Waals surface area contributed by atoms with Crippen LogP contribution in [0.5, 0.6) is 17.2 Å². The van der Waals surface area contributed by atoms with E-state index in [-0.39, 0.29) is 5.78 Å². The highest BCUT2D eigenvalue weighted by Crippen LogP contribution is 2.28. The molecular formula is C18H20O4. The molecule has 2 aromatic carbocycles. The minimum absolute atomic E-state index is 0.0154. The highest BCUT2D eigenvalue weighted by Gasteiger charge is 2.10. The Labute approximate surface area is 130 Å². The Morgan fingerprint density at radius 3 is 2.36 bits per heavy atom. The van der Waals surface area contributed by atoms with Crippen molar-refractivity contribution in [1.29, 1.82) is 0 Å². The summed E-state index contributed by atoms with van der Waals surface area (Å²) in [6.45, 7) is 4.32. The molecule has 0 unspecified atom stereocenters. The van der Waals surface area contributed by atoms with Crippen LogP contribution in [-0.2, 0) is 6.61 Å². The smallest absolute Gasteiger partial charge is 0.161 e. The number of methoxy groups -OCH3 is 1. The van der Waals surface area contributed by atoms with E-state index in [0.717, 1.165) is 11.3 Å². The van der Waals surface area contributed by atoms with E-state index in [0.29, 0.717) is 30.3 Å². The maximum atomic E-state index is 11.5. The number of benzene rings is 2. The molecule has 22 heavy (non-hydrogen) atoms. The normalized spacial score (nSPS) is 10.1. The Balaban J connectivity index is 2.23. The van der Waals surface area contributed by atoms with Crippen LogP contribution in [0.25, 0.3) is 0 Å². The van der Waals surface area contributed by atoms with Gasteiger partial charge in [-0.1, -0.05) is 12.1 Å². The second kappa shape index (κ2) is 7.50. The number of rotatable bonds is 7. The molecule has 0 aromatic heterocycles. The van der Waals surface area contributed by atoms with Crippen molar-refractivity contribution in [2.45, 2.75) is 20.5 Å². The van der Waals surface area contributed by atoms with E-state index in [1.54, 1.807) is 26.2 Å². The van der Waals surface area contributed by atoms with Crippen molar-refractivity contribution < 1.29 is 19.0 Å². The van der Waals surface area contributed by atoms with Crippen LogP contribution in [0.1, 0.15) is 29.8 Å². The van der Waals surface area contributed by atoms with Gasteiger partial charge in [-0.15, -0.1) is 0 Å². The summed E-state index contributed by atoms with van der Waals surface area (Å²) in [5.41, 5.74) is 1.47. The molecule has 0 saturated heterocycles. The fraction of sp³-hybridized carbons (Fsp3) is 0.278. The highest BCUT2D eigenvalue weighted by molar-refractivity contribution is 5.94. The van der Waals surface area contributed by atoms with Crippen LogP contribution in [0.3, 0.4) is 0 Å². The van der Waals surface area contributed by atoms with Gasteiger partial charge in [0.2, 0.25) is 0 Å². The number of ketones is 1. The topological polar surface area (TPSA) is 44.8 Å². The molecule has 0 aliphatic rings. The van der Waals surface area contributed by atoms with E-state index in [4.69, 9.17) is 14.2 Å². The second-order valence-electron chi connectivity index (χ2n) is 4.75. The van der Waals surface area contributed by atoms with Crippen molar-refractivity contribution in [2.75, 3.05) is 13.7 Å². The lowest BCUT2D eigenvalue weighted by Crippen LogP contribution is -2.04. The molecule has 0 bridgehead atoms. The number of ether oxygens (including phenoxy) is 3. The second-order valence-corrected chi connectivity index (χ2v) is 4.75. The molecule has 0 aliphatic carbocycles. The summed E-state index contributed by atoms with van der Waals surface area (Å²) in [7, 11) is 1.60. The van der Waals surface area contributed by atoms with Crippen LogP contribution < -0.4 is 14.2 Å². The molecule has 0 N–H and O–H groups in total. The Morgan fingerprint density at radius 2 is 1.73 bits per heavy atom. The number of hydrogen-bond acceptors (Lipinski definition) is 4. The zero-order valence-corrected chi connectivity index (χ0v) is 13.1. The van der Waals surface area contributed by atoms with Gasteiger partial charge in [-0.25, -0.2) is 0 Å². The van der Waals surface area contributed by atoms with Crippen LogP contribution in [0, 0.1) is 0 Å². The predicted molar refractivity (Wildman–Crippen MR) is 84.9 cm³/mol. The lowest BCUT2D eigenvalue weighted by Gasteiger charge is -2.14. The predicted octanol–water partition coefficient (Wildman–Crippen LogP) is 3.88. The van der Waals surface area contributed by atoms with E-state index in [1.165, 1.54) is 0 Å². The molecule has 0 fully saturated rings. The first-order chi connectivity index (χ1) is 10.7. The fourth-order valence-electron chi connectivity index (χ4n) is 2.10. The maximum absolute atomic E-state index is 11.5. The molecule has 2 rings (SSSR count). The number of para-hydroxylation sites is 2. The third kappa shape index (κ3) is 3.79. The first-order valence-corrected chi connectivity index (χ1v) is 7.18. The van der Waals surface area contributed by atoms with E-state index in [2.05, 4.69) is 0 Å². The molecule has 0 atom stereocenters. The van der Waals surface area contributed by atoms with Crippen LogP contribution in [0.2, 0.25) is 0 Å². The number of hydrogen-bond donors (Lipinski definition) is 0. The Hall–Kier alpha value is -2.49. The Morgan fingerprint density at radius 1 is 1.00 bits per heavy atom. The summed E-state index contributed by atoms with van der Waals surface area (Å²) in [6, 6.07) is 12.8. The van der Waals surface area contributed by atoms with Crippen molar-refractivity contribution in [3.8, 4) is 17.2 Å². The first kappa shape index (κ1) is 15.9. The van der Waals surface area contributed by atoms with Gasteiger partial charge in [0, 0.05) is 11.1 Å². The number of Topliss-reactive ketones (excluding diaryl/α,β-unsaturated/α-hetero) is 1. The minimum Gasteiger partial charge on any atom is -0.493 e. The summed E-state index contributed by atoms with van der Waals surface area (Å²) >= 11 is 0. The van der Waals surface area contributed by atoms with Gasteiger partial charge in [0.05, 0.1) is 13.7 Å². The van der Waals surface area contributed by atoms with Gasteiger partial charge in [-0.3, -0.25) is 4.79 Å². The third-order valence-corrected chi connectivity index (χ3v) is 3.22. The molecule has 116 valence electrons. The zero-order chi connectivity index (χ0) is 15.9. The lowest BCUT2D eigenvalue weighted by atomic mass is 10.1. The number of carbonyl (C=O) groups excluding carboxylic acids is 1. The summed E-state index contributed by atoms with van der Waals surface area (Å²) < 4.78 is 16.7. The monoisotopic (exact) mass is 300 g/mol. The lowest BCUT2D eigenvalue weighted by molar-refractivity contribution is 0.101. The quantitative estimate of drug-likeness (QED) is 0.728. The maximum Gasteiger partial charge on any atom is 0.161 e. The zero-order valence-electron chi connectivity index (χ0n) is 13.1. The summed E-state index contributed by atoms with van der Waals surface area (Å²) in [4.78, 5) is 11.5. The van der Waals surface area contributed by atoms with Gasteiger partial charge in [0.25, 0.3) is 0 Å². The molecule has 0 saturated carbocycles. The van der Waals surface area contributed by atoms with Crippen molar-refractivity contribution in [3.05, 3.63) is 53.6 Å². The van der Waals surface area contributed by atoms with Crippen molar-refractivity contribution in [2.24, 2.45) is 0 Å². The highest BCUT2D eigenvalue weighted by atomic mass is 16.5. The largest absolute Gasteiger partial charge is 0.493 e. The Kier molecular flexibility index (Phi) is 5.42. The van der Waals surface area contributed by atoms with Crippen LogP contribution >= 0.6 is 0 Å². The van der Waals surface area contributed by atoms with E-state index < -0.39 is 0 Å². The van der Waals surface area contributed by atoms with Crippen molar-refractivity contribution >= 4 is 5.78 Å².